The summed E-state index contributed by atoms with van der Waals surface area (Å²) in [7, 11) is 0. The third kappa shape index (κ3) is 3.09. The number of aromatic nitrogens is 3. The van der Waals surface area contributed by atoms with Crippen LogP contribution in [0.25, 0.3) is 0 Å². The van der Waals surface area contributed by atoms with Crippen LogP contribution >= 0.6 is 11.3 Å². The number of nitrogens with one attached hydrogen (secondary N) is 1. The number of carbonyl (C=O) groups is 1. The molecule has 22 heavy (non-hydrogen) atoms. The van der Waals surface area contributed by atoms with Crippen LogP contribution in [0.2, 0.25) is 0 Å². The van der Waals surface area contributed by atoms with Crippen molar-refractivity contribution in [2.75, 3.05) is 11.9 Å². The minimum Gasteiger partial charge on any atom is -0.334 e. The second-order valence-electron chi connectivity index (χ2n) is 5.30. The Kier molecular flexibility index (Phi) is 4.33. The van der Waals surface area contributed by atoms with E-state index in [0.717, 1.165) is 47.5 Å². The minimum absolute atomic E-state index is 0.0832. The van der Waals surface area contributed by atoms with Gasteiger partial charge in [-0.3, -0.25) is 4.79 Å². The van der Waals surface area contributed by atoms with Crippen molar-refractivity contribution in [2.45, 2.75) is 39.2 Å². The molecule has 1 aliphatic heterocycles. The average molecular weight is 317 g/mol. The summed E-state index contributed by atoms with van der Waals surface area (Å²) in [4.78, 5) is 18.3. The molecule has 2 aromatic rings. The number of nitrogens with zero attached hydrogens (tertiary/aromatic N) is 4. The molecular weight excluding hydrogens is 298 g/mol. The normalized spacial score (nSPS) is 17.7. The van der Waals surface area contributed by atoms with Crippen molar-refractivity contribution in [3.63, 3.8) is 0 Å². The lowest BCUT2D eigenvalue weighted by atomic mass is 10.1. The molecule has 0 spiro atoms. The zero-order chi connectivity index (χ0) is 15.5. The minimum atomic E-state index is 0.0832. The number of pyridine rings is 1. The van der Waals surface area contributed by atoms with Crippen molar-refractivity contribution in [2.24, 2.45) is 0 Å². The molecule has 1 amide bonds. The highest BCUT2D eigenvalue weighted by Crippen LogP contribution is 2.31. The molecule has 1 N–H and O–H groups in total. The summed E-state index contributed by atoms with van der Waals surface area (Å²) in [6.45, 7) is 4.49. The molecular formula is C15H19N5OS. The van der Waals surface area contributed by atoms with E-state index in [9.17, 15) is 4.79 Å². The van der Waals surface area contributed by atoms with Gasteiger partial charge in [-0.1, -0.05) is 24.3 Å². The number of anilines is 2. The van der Waals surface area contributed by atoms with Crippen LogP contribution in [-0.2, 0) is 11.2 Å². The van der Waals surface area contributed by atoms with Crippen LogP contribution in [0.15, 0.2) is 18.2 Å². The van der Waals surface area contributed by atoms with E-state index in [1.54, 1.807) is 6.92 Å². The van der Waals surface area contributed by atoms with Gasteiger partial charge in [-0.2, -0.15) is 0 Å². The zero-order valence-corrected chi connectivity index (χ0v) is 13.6. The van der Waals surface area contributed by atoms with E-state index >= 15 is 0 Å². The number of hydrogen-bond donors (Lipinski definition) is 1. The molecule has 0 aliphatic carbocycles. The van der Waals surface area contributed by atoms with E-state index in [4.69, 9.17) is 0 Å². The lowest BCUT2D eigenvalue weighted by molar-refractivity contribution is -0.129. The van der Waals surface area contributed by atoms with Crippen LogP contribution in [-0.4, -0.2) is 32.5 Å². The Hall–Kier alpha value is -2.02. The summed E-state index contributed by atoms with van der Waals surface area (Å²) in [6.07, 6.45) is 2.87. The number of hydrogen-bond acceptors (Lipinski definition) is 6. The highest BCUT2D eigenvalue weighted by atomic mass is 32.1. The van der Waals surface area contributed by atoms with Gasteiger partial charge in [0.1, 0.15) is 10.8 Å². The van der Waals surface area contributed by atoms with Crippen LogP contribution in [0.5, 0.6) is 0 Å². The van der Waals surface area contributed by atoms with Gasteiger partial charge in [0, 0.05) is 13.5 Å². The summed E-state index contributed by atoms with van der Waals surface area (Å²) in [6, 6.07) is 5.93. The Morgan fingerprint density at radius 1 is 1.45 bits per heavy atom. The molecule has 2 aromatic heterocycles. The highest BCUT2D eigenvalue weighted by Gasteiger charge is 2.28. The van der Waals surface area contributed by atoms with E-state index in [0.29, 0.717) is 0 Å². The molecule has 116 valence electrons. The molecule has 1 aliphatic rings. The topological polar surface area (TPSA) is 71.0 Å². The predicted octanol–water partition coefficient (Wildman–Crippen LogP) is 2.92. The van der Waals surface area contributed by atoms with Gasteiger partial charge in [0.2, 0.25) is 11.0 Å². The summed E-state index contributed by atoms with van der Waals surface area (Å²) in [5, 5.41) is 13.1. The van der Waals surface area contributed by atoms with Gasteiger partial charge in [-0.05, 0) is 31.4 Å². The van der Waals surface area contributed by atoms with E-state index in [1.807, 2.05) is 23.1 Å². The Morgan fingerprint density at radius 3 is 3.05 bits per heavy atom. The Bertz CT molecular complexity index is 671. The van der Waals surface area contributed by atoms with E-state index in [-0.39, 0.29) is 11.9 Å². The van der Waals surface area contributed by atoms with Gasteiger partial charge in [-0.15, -0.1) is 10.2 Å². The third-order valence-corrected chi connectivity index (χ3v) is 4.76. The number of aryl methyl sites for hydroxylation is 1. The number of carbonyl (C=O) groups excluding carboxylic acids is 1. The molecule has 7 heteroatoms. The number of rotatable bonds is 4. The Balaban J connectivity index is 1.79. The third-order valence-electron chi connectivity index (χ3n) is 3.77. The first-order chi connectivity index (χ1) is 10.7. The number of likely N-dealkylation sites (tertiary alicyclic amines) is 1. The molecule has 0 unspecified atom stereocenters. The molecule has 0 aromatic carbocycles. The van der Waals surface area contributed by atoms with Crippen molar-refractivity contribution in [3.05, 3.63) is 28.9 Å². The van der Waals surface area contributed by atoms with Crippen molar-refractivity contribution in [1.29, 1.82) is 0 Å². The Labute approximate surface area is 133 Å². The van der Waals surface area contributed by atoms with Crippen molar-refractivity contribution in [3.8, 4) is 0 Å². The van der Waals surface area contributed by atoms with Gasteiger partial charge >= 0.3 is 0 Å². The summed E-state index contributed by atoms with van der Waals surface area (Å²) >= 11 is 1.53. The first-order valence-electron chi connectivity index (χ1n) is 7.51. The molecule has 3 rings (SSSR count). The van der Waals surface area contributed by atoms with Crippen molar-refractivity contribution in [1.82, 2.24) is 20.1 Å². The van der Waals surface area contributed by atoms with Crippen LogP contribution in [0.3, 0.4) is 0 Å². The summed E-state index contributed by atoms with van der Waals surface area (Å²) in [5.41, 5.74) is 0.929. The summed E-state index contributed by atoms with van der Waals surface area (Å²) in [5.74, 6) is 0.853. The first-order valence-corrected chi connectivity index (χ1v) is 8.32. The molecule has 1 saturated heterocycles. The standard InChI is InChI=1S/C15H19N5OS/c1-3-14-18-19-15(22-14)17-13-8-4-6-11(16-13)12-7-5-9-20(12)10(2)21/h4,6,8,12H,3,5,7,9H2,1-2H3,(H,16,17,19)/t12-/m1/s1. The zero-order valence-electron chi connectivity index (χ0n) is 12.7. The highest BCUT2D eigenvalue weighted by molar-refractivity contribution is 7.15. The van der Waals surface area contributed by atoms with Crippen LogP contribution in [0.1, 0.15) is 43.4 Å². The average Bonchev–Trinajstić information content (AvgIpc) is 3.16. The van der Waals surface area contributed by atoms with E-state index in [1.165, 1.54) is 11.3 Å². The van der Waals surface area contributed by atoms with Crippen molar-refractivity contribution >= 4 is 28.2 Å². The molecule has 6 nitrogen and oxygen atoms in total. The largest absolute Gasteiger partial charge is 0.334 e. The quantitative estimate of drug-likeness (QED) is 0.939. The first kappa shape index (κ1) is 14.9. The smallest absolute Gasteiger partial charge is 0.220 e. The predicted molar refractivity (Wildman–Crippen MR) is 86.2 cm³/mol. The second kappa shape index (κ2) is 6.39. The van der Waals surface area contributed by atoms with E-state index < -0.39 is 0 Å². The van der Waals surface area contributed by atoms with Crippen LogP contribution in [0, 0.1) is 0 Å². The molecule has 0 bridgehead atoms. The van der Waals surface area contributed by atoms with Gasteiger partial charge in [0.05, 0.1) is 11.7 Å². The van der Waals surface area contributed by atoms with Gasteiger partial charge in [0.25, 0.3) is 0 Å². The van der Waals surface area contributed by atoms with Gasteiger partial charge < -0.3 is 10.2 Å². The maximum absolute atomic E-state index is 11.7. The van der Waals surface area contributed by atoms with Crippen molar-refractivity contribution < 1.29 is 4.79 Å². The van der Waals surface area contributed by atoms with Crippen LogP contribution in [0.4, 0.5) is 10.9 Å². The lowest BCUT2D eigenvalue weighted by Crippen LogP contribution is -2.28. The Morgan fingerprint density at radius 2 is 2.32 bits per heavy atom. The lowest BCUT2D eigenvalue weighted by Gasteiger charge is -2.23. The molecule has 1 atom stereocenters. The molecule has 1 fully saturated rings. The number of amides is 1. The maximum Gasteiger partial charge on any atom is 0.220 e. The van der Waals surface area contributed by atoms with Crippen LogP contribution < -0.4 is 5.32 Å². The maximum atomic E-state index is 11.7. The fourth-order valence-electron chi connectivity index (χ4n) is 2.71. The second-order valence-corrected chi connectivity index (χ2v) is 6.36. The fourth-order valence-corrected chi connectivity index (χ4v) is 3.40. The molecule has 0 radical (unpaired) electrons. The fraction of sp³-hybridized carbons (Fsp3) is 0.467. The SMILES string of the molecule is CCc1nnc(Nc2cccc([C@H]3CCCN3C(C)=O)n2)s1. The molecule has 0 saturated carbocycles. The van der Waals surface area contributed by atoms with Gasteiger partial charge in [-0.25, -0.2) is 4.98 Å². The summed E-state index contributed by atoms with van der Waals surface area (Å²) < 4.78 is 0. The van der Waals surface area contributed by atoms with E-state index in [2.05, 4.69) is 27.4 Å². The molecule has 3 heterocycles. The van der Waals surface area contributed by atoms with Gasteiger partial charge in [0.15, 0.2) is 0 Å². The monoisotopic (exact) mass is 317 g/mol.